The Morgan fingerprint density at radius 1 is 1.24 bits per heavy atom. The first-order valence-corrected chi connectivity index (χ1v) is 6.54. The van der Waals surface area contributed by atoms with Crippen molar-refractivity contribution in [3.8, 4) is 0 Å². The highest BCUT2D eigenvalue weighted by atomic mass is 32.1. The lowest BCUT2D eigenvalue weighted by Gasteiger charge is -2.14. The summed E-state index contributed by atoms with van der Waals surface area (Å²) in [6.07, 6.45) is 0.949. The first kappa shape index (κ1) is 12.2. The summed E-state index contributed by atoms with van der Waals surface area (Å²) in [6, 6.07) is 6.91. The van der Waals surface area contributed by atoms with Crippen molar-refractivity contribution in [3.05, 3.63) is 46.0 Å². The van der Waals surface area contributed by atoms with E-state index in [2.05, 4.69) is 47.0 Å². The van der Waals surface area contributed by atoms with Gasteiger partial charge in [-0.25, -0.2) is 0 Å². The van der Waals surface area contributed by atoms with Crippen molar-refractivity contribution in [3.63, 3.8) is 0 Å². The molecule has 0 aliphatic carbocycles. The molecule has 0 bridgehead atoms. The van der Waals surface area contributed by atoms with Crippen molar-refractivity contribution in [2.45, 2.75) is 26.3 Å². The molecule has 0 saturated carbocycles. The summed E-state index contributed by atoms with van der Waals surface area (Å²) in [5, 5.41) is 9.43. The number of aromatic nitrogens is 2. The van der Waals surface area contributed by atoms with E-state index in [1.54, 1.807) is 0 Å². The van der Waals surface area contributed by atoms with E-state index in [1.165, 1.54) is 28.2 Å². The Labute approximate surface area is 106 Å². The number of aryl methyl sites for hydroxylation is 2. The third-order valence-corrected chi connectivity index (χ3v) is 3.33. The van der Waals surface area contributed by atoms with E-state index in [-0.39, 0.29) is 6.04 Å². The summed E-state index contributed by atoms with van der Waals surface area (Å²) in [5.41, 5.74) is 4.99. The predicted molar refractivity (Wildman–Crippen MR) is 71.3 cm³/mol. The molecule has 0 aliphatic rings. The summed E-state index contributed by atoms with van der Waals surface area (Å²) < 4.78 is 3.92. The minimum Gasteiger partial charge on any atom is -0.311 e. The molecule has 1 atom stereocenters. The van der Waals surface area contributed by atoms with Crippen molar-refractivity contribution < 1.29 is 0 Å². The molecule has 90 valence electrons. The molecular weight excluding hydrogens is 230 g/mol. The van der Waals surface area contributed by atoms with Crippen molar-refractivity contribution in [2.75, 3.05) is 7.05 Å². The number of hydrogen-bond donors (Lipinski definition) is 1. The maximum atomic E-state index is 4.13. The van der Waals surface area contributed by atoms with Gasteiger partial charge in [0, 0.05) is 5.38 Å². The summed E-state index contributed by atoms with van der Waals surface area (Å²) >= 11 is 1.40. The molecule has 1 heterocycles. The zero-order chi connectivity index (χ0) is 12.3. The maximum absolute atomic E-state index is 4.13. The lowest BCUT2D eigenvalue weighted by molar-refractivity contribution is 0.574. The highest BCUT2D eigenvalue weighted by Gasteiger charge is 2.13. The Kier molecular flexibility index (Phi) is 3.86. The van der Waals surface area contributed by atoms with Gasteiger partial charge in [0.2, 0.25) is 0 Å². The molecule has 0 aliphatic heterocycles. The fourth-order valence-corrected chi connectivity index (χ4v) is 2.61. The number of nitrogens with zero attached hydrogens (tertiary/aromatic N) is 2. The molecule has 1 aromatic carbocycles. The largest absolute Gasteiger partial charge is 0.311 e. The second-order valence-electron chi connectivity index (χ2n) is 4.37. The second kappa shape index (κ2) is 5.38. The molecule has 1 aromatic heterocycles. The van der Waals surface area contributed by atoms with Crippen LogP contribution in [0.3, 0.4) is 0 Å². The number of rotatable bonds is 4. The summed E-state index contributed by atoms with van der Waals surface area (Å²) in [4.78, 5) is 0. The Morgan fingerprint density at radius 2 is 1.94 bits per heavy atom. The molecular formula is C13H17N3S. The second-order valence-corrected chi connectivity index (χ2v) is 4.98. The summed E-state index contributed by atoms with van der Waals surface area (Å²) in [5.74, 6) is 0. The van der Waals surface area contributed by atoms with Gasteiger partial charge in [-0.05, 0) is 44.4 Å². The average molecular weight is 247 g/mol. The molecule has 17 heavy (non-hydrogen) atoms. The zero-order valence-electron chi connectivity index (χ0n) is 10.4. The topological polar surface area (TPSA) is 37.8 Å². The number of hydrogen-bond acceptors (Lipinski definition) is 4. The van der Waals surface area contributed by atoms with Crippen molar-refractivity contribution in [1.29, 1.82) is 0 Å². The summed E-state index contributed by atoms with van der Waals surface area (Å²) in [7, 11) is 1.96. The van der Waals surface area contributed by atoms with Crippen LogP contribution in [0.25, 0.3) is 0 Å². The highest BCUT2D eigenvalue weighted by Crippen LogP contribution is 2.18. The SMILES string of the molecule is CNC(Cc1cc(C)cc(C)c1)c1csnn1. The lowest BCUT2D eigenvalue weighted by atomic mass is 10.00. The maximum Gasteiger partial charge on any atom is 0.0928 e. The lowest BCUT2D eigenvalue weighted by Crippen LogP contribution is -2.19. The van der Waals surface area contributed by atoms with E-state index in [9.17, 15) is 0 Å². The van der Waals surface area contributed by atoms with E-state index in [0.717, 1.165) is 12.1 Å². The van der Waals surface area contributed by atoms with E-state index < -0.39 is 0 Å². The van der Waals surface area contributed by atoms with Gasteiger partial charge in [-0.3, -0.25) is 0 Å². The van der Waals surface area contributed by atoms with Crippen molar-refractivity contribution in [2.24, 2.45) is 0 Å². The molecule has 0 saturated heterocycles. The van der Waals surface area contributed by atoms with E-state index in [1.807, 2.05) is 12.4 Å². The van der Waals surface area contributed by atoms with Gasteiger partial charge in [0.1, 0.15) is 0 Å². The van der Waals surface area contributed by atoms with Crippen LogP contribution in [0.4, 0.5) is 0 Å². The van der Waals surface area contributed by atoms with Crippen molar-refractivity contribution in [1.82, 2.24) is 14.9 Å². The normalized spacial score (nSPS) is 12.6. The minimum absolute atomic E-state index is 0.245. The number of benzene rings is 1. The Morgan fingerprint density at radius 3 is 2.47 bits per heavy atom. The highest BCUT2D eigenvalue weighted by molar-refractivity contribution is 7.03. The van der Waals surface area contributed by atoms with Gasteiger partial charge in [0.05, 0.1) is 11.7 Å². The number of likely N-dealkylation sites (N-methyl/N-ethyl adjacent to an activating group) is 1. The fraction of sp³-hybridized carbons (Fsp3) is 0.385. The van der Waals surface area contributed by atoms with Gasteiger partial charge in [-0.2, -0.15) is 0 Å². The van der Waals surface area contributed by atoms with Crippen LogP contribution >= 0.6 is 11.5 Å². The van der Waals surface area contributed by atoms with Crippen LogP contribution in [0.1, 0.15) is 28.4 Å². The van der Waals surface area contributed by atoms with E-state index in [4.69, 9.17) is 0 Å². The Hall–Kier alpha value is -1.26. The van der Waals surface area contributed by atoms with Gasteiger partial charge >= 0.3 is 0 Å². The molecule has 0 amide bonds. The van der Waals surface area contributed by atoms with Gasteiger partial charge in [0.25, 0.3) is 0 Å². The van der Waals surface area contributed by atoms with Crippen LogP contribution in [0.15, 0.2) is 23.6 Å². The third kappa shape index (κ3) is 3.11. The smallest absolute Gasteiger partial charge is 0.0928 e. The molecule has 3 nitrogen and oxygen atoms in total. The van der Waals surface area contributed by atoms with Crippen LogP contribution in [0, 0.1) is 13.8 Å². The molecule has 2 rings (SSSR count). The average Bonchev–Trinajstić information content (AvgIpc) is 2.77. The third-order valence-electron chi connectivity index (χ3n) is 2.80. The Balaban J connectivity index is 2.18. The molecule has 0 radical (unpaired) electrons. The summed E-state index contributed by atoms with van der Waals surface area (Å²) in [6.45, 7) is 4.27. The molecule has 1 unspecified atom stereocenters. The van der Waals surface area contributed by atoms with E-state index in [0.29, 0.717) is 0 Å². The zero-order valence-corrected chi connectivity index (χ0v) is 11.2. The molecule has 4 heteroatoms. The molecule has 1 N–H and O–H groups in total. The molecule has 0 fully saturated rings. The van der Waals surface area contributed by atoms with Crippen LogP contribution in [-0.4, -0.2) is 16.6 Å². The van der Waals surface area contributed by atoms with Crippen molar-refractivity contribution >= 4 is 11.5 Å². The van der Waals surface area contributed by atoms with Crippen LogP contribution in [0.2, 0.25) is 0 Å². The monoisotopic (exact) mass is 247 g/mol. The first-order chi connectivity index (χ1) is 8.19. The number of nitrogens with one attached hydrogen (secondary N) is 1. The predicted octanol–water partition coefficient (Wildman–Crippen LogP) is 2.66. The van der Waals surface area contributed by atoms with Crippen LogP contribution in [-0.2, 0) is 6.42 Å². The minimum atomic E-state index is 0.245. The molecule has 2 aromatic rings. The Bertz CT molecular complexity index is 459. The van der Waals surface area contributed by atoms with Crippen LogP contribution < -0.4 is 5.32 Å². The standard InChI is InChI=1S/C13H17N3S/c1-9-4-10(2)6-11(5-9)7-12(14-3)13-8-17-16-15-13/h4-6,8,12,14H,7H2,1-3H3. The van der Waals surface area contributed by atoms with Gasteiger partial charge in [-0.1, -0.05) is 33.8 Å². The van der Waals surface area contributed by atoms with Crippen LogP contribution in [0.5, 0.6) is 0 Å². The fourth-order valence-electron chi connectivity index (χ4n) is 2.10. The van der Waals surface area contributed by atoms with Gasteiger partial charge in [-0.15, -0.1) is 5.10 Å². The molecule has 0 spiro atoms. The first-order valence-electron chi connectivity index (χ1n) is 5.70. The van der Waals surface area contributed by atoms with E-state index >= 15 is 0 Å². The quantitative estimate of drug-likeness (QED) is 0.902. The van der Waals surface area contributed by atoms with Gasteiger partial charge < -0.3 is 5.32 Å². The van der Waals surface area contributed by atoms with Gasteiger partial charge in [0.15, 0.2) is 0 Å².